The van der Waals surface area contributed by atoms with Gasteiger partial charge in [0.1, 0.15) is 0 Å². The first kappa shape index (κ1) is 13.5. The monoisotopic (exact) mass is 300 g/mol. The van der Waals surface area contributed by atoms with Crippen LogP contribution in [0.5, 0.6) is 0 Å². The lowest BCUT2D eigenvalue weighted by atomic mass is 9.99. The summed E-state index contributed by atoms with van der Waals surface area (Å²) in [6.07, 6.45) is 1.92. The quantitative estimate of drug-likeness (QED) is 0.562. The number of fused-ring (bicyclic) bond motifs is 1. The van der Waals surface area contributed by atoms with Crippen LogP contribution in [0.2, 0.25) is 10.0 Å². The van der Waals surface area contributed by atoms with Gasteiger partial charge in [-0.3, -0.25) is 0 Å². The van der Waals surface area contributed by atoms with Gasteiger partial charge in [0, 0.05) is 10.0 Å². The van der Waals surface area contributed by atoms with E-state index in [0.717, 1.165) is 12.8 Å². The van der Waals surface area contributed by atoms with Gasteiger partial charge in [-0.05, 0) is 52.9 Å². The van der Waals surface area contributed by atoms with E-state index >= 15 is 0 Å². The molecule has 0 saturated carbocycles. The first-order valence-corrected chi connectivity index (χ1v) is 7.39. The van der Waals surface area contributed by atoms with Crippen LogP contribution in [0.25, 0.3) is 10.8 Å². The Balaban J connectivity index is 1.87. The van der Waals surface area contributed by atoms with Crippen LogP contribution in [0, 0.1) is 0 Å². The molecule has 0 fully saturated rings. The van der Waals surface area contributed by atoms with Crippen molar-refractivity contribution in [1.82, 2.24) is 0 Å². The molecular formula is C18H14Cl2. The number of hydrogen-bond donors (Lipinski definition) is 0. The van der Waals surface area contributed by atoms with Gasteiger partial charge >= 0.3 is 0 Å². The Bertz CT molecular complexity index is 722. The molecule has 0 aliphatic rings. The third-order valence-electron chi connectivity index (χ3n) is 3.49. The Morgan fingerprint density at radius 3 is 2.20 bits per heavy atom. The molecule has 0 radical (unpaired) electrons. The molecular weight excluding hydrogens is 287 g/mol. The highest BCUT2D eigenvalue weighted by Crippen LogP contribution is 2.23. The molecule has 0 bridgehead atoms. The van der Waals surface area contributed by atoms with E-state index in [4.69, 9.17) is 23.2 Å². The van der Waals surface area contributed by atoms with Gasteiger partial charge in [-0.25, -0.2) is 0 Å². The van der Waals surface area contributed by atoms with Crippen LogP contribution < -0.4 is 0 Å². The zero-order valence-corrected chi connectivity index (χ0v) is 12.5. The van der Waals surface area contributed by atoms with Crippen molar-refractivity contribution in [2.45, 2.75) is 12.8 Å². The molecule has 0 aromatic heterocycles. The number of hydrogen-bond acceptors (Lipinski definition) is 0. The van der Waals surface area contributed by atoms with Gasteiger partial charge in [0.15, 0.2) is 0 Å². The van der Waals surface area contributed by atoms with E-state index in [1.165, 1.54) is 21.9 Å². The molecule has 0 amide bonds. The van der Waals surface area contributed by atoms with Crippen LogP contribution in [-0.2, 0) is 12.8 Å². The minimum absolute atomic E-state index is 0.699. The van der Waals surface area contributed by atoms with Crippen molar-refractivity contribution >= 4 is 34.0 Å². The summed E-state index contributed by atoms with van der Waals surface area (Å²) >= 11 is 12.1. The third kappa shape index (κ3) is 2.98. The van der Waals surface area contributed by atoms with Gasteiger partial charge in [0.2, 0.25) is 0 Å². The molecule has 3 rings (SSSR count). The van der Waals surface area contributed by atoms with E-state index in [0.29, 0.717) is 10.0 Å². The SMILES string of the molecule is Clc1cc(Cl)cc(CCc2cccc3ccccc23)c1. The Morgan fingerprint density at radius 1 is 0.700 bits per heavy atom. The van der Waals surface area contributed by atoms with E-state index < -0.39 is 0 Å². The molecule has 100 valence electrons. The number of halogens is 2. The summed E-state index contributed by atoms with van der Waals surface area (Å²) in [6, 6.07) is 20.7. The molecule has 0 N–H and O–H groups in total. The lowest BCUT2D eigenvalue weighted by Gasteiger charge is -2.07. The van der Waals surface area contributed by atoms with Gasteiger partial charge in [-0.1, -0.05) is 65.7 Å². The Morgan fingerprint density at radius 2 is 1.40 bits per heavy atom. The van der Waals surface area contributed by atoms with Crippen LogP contribution >= 0.6 is 23.2 Å². The predicted molar refractivity (Wildman–Crippen MR) is 87.8 cm³/mol. The normalized spacial score (nSPS) is 10.9. The fraction of sp³-hybridized carbons (Fsp3) is 0.111. The molecule has 0 nitrogen and oxygen atoms in total. The standard InChI is InChI=1S/C18H14Cl2/c19-16-10-13(11-17(20)12-16)8-9-15-6-3-5-14-4-1-2-7-18(14)15/h1-7,10-12H,8-9H2. The number of rotatable bonds is 3. The molecule has 0 unspecified atom stereocenters. The Kier molecular flexibility index (Phi) is 3.95. The second kappa shape index (κ2) is 5.87. The second-order valence-electron chi connectivity index (χ2n) is 4.92. The second-order valence-corrected chi connectivity index (χ2v) is 5.79. The molecule has 0 aliphatic carbocycles. The maximum atomic E-state index is 6.04. The van der Waals surface area contributed by atoms with Crippen molar-refractivity contribution in [2.75, 3.05) is 0 Å². The number of aryl methyl sites for hydroxylation is 2. The van der Waals surface area contributed by atoms with Crippen molar-refractivity contribution < 1.29 is 0 Å². The fourth-order valence-electron chi connectivity index (χ4n) is 2.54. The fourth-order valence-corrected chi connectivity index (χ4v) is 3.12. The first-order chi connectivity index (χ1) is 9.72. The summed E-state index contributed by atoms with van der Waals surface area (Å²) in [5.41, 5.74) is 2.54. The van der Waals surface area contributed by atoms with Gasteiger partial charge in [-0.2, -0.15) is 0 Å². The molecule has 0 saturated heterocycles. The van der Waals surface area contributed by atoms with Gasteiger partial charge in [0.05, 0.1) is 0 Å². The van der Waals surface area contributed by atoms with E-state index in [2.05, 4.69) is 42.5 Å². The maximum absolute atomic E-state index is 6.04. The molecule has 2 heteroatoms. The van der Waals surface area contributed by atoms with Gasteiger partial charge < -0.3 is 0 Å². The lowest BCUT2D eigenvalue weighted by Crippen LogP contribution is -1.93. The zero-order valence-electron chi connectivity index (χ0n) is 10.9. The molecule has 0 aliphatic heterocycles. The summed E-state index contributed by atoms with van der Waals surface area (Å²) in [4.78, 5) is 0. The average molecular weight is 301 g/mol. The van der Waals surface area contributed by atoms with Crippen molar-refractivity contribution in [3.05, 3.63) is 81.8 Å². The molecule has 3 aromatic rings. The van der Waals surface area contributed by atoms with Crippen LogP contribution in [0.15, 0.2) is 60.7 Å². The summed E-state index contributed by atoms with van der Waals surface area (Å²) < 4.78 is 0. The van der Waals surface area contributed by atoms with E-state index in [1.54, 1.807) is 6.07 Å². The zero-order chi connectivity index (χ0) is 13.9. The van der Waals surface area contributed by atoms with Crippen molar-refractivity contribution in [1.29, 1.82) is 0 Å². The summed E-state index contributed by atoms with van der Waals surface area (Å²) in [6.45, 7) is 0. The molecule has 0 atom stereocenters. The predicted octanol–water partition coefficient (Wildman–Crippen LogP) is 5.93. The molecule has 0 heterocycles. The number of benzene rings is 3. The van der Waals surface area contributed by atoms with Crippen molar-refractivity contribution in [3.63, 3.8) is 0 Å². The van der Waals surface area contributed by atoms with Crippen LogP contribution in [0.1, 0.15) is 11.1 Å². The highest BCUT2D eigenvalue weighted by Gasteiger charge is 2.03. The molecule has 3 aromatic carbocycles. The highest BCUT2D eigenvalue weighted by molar-refractivity contribution is 6.34. The minimum Gasteiger partial charge on any atom is -0.0843 e. The smallest absolute Gasteiger partial charge is 0.0423 e. The highest BCUT2D eigenvalue weighted by atomic mass is 35.5. The topological polar surface area (TPSA) is 0 Å². The Hall–Kier alpha value is -1.50. The van der Waals surface area contributed by atoms with Gasteiger partial charge in [-0.15, -0.1) is 0 Å². The van der Waals surface area contributed by atoms with Crippen LogP contribution in [0.4, 0.5) is 0 Å². The first-order valence-electron chi connectivity index (χ1n) is 6.64. The Labute approximate surface area is 129 Å². The minimum atomic E-state index is 0.699. The summed E-state index contributed by atoms with van der Waals surface area (Å²) in [7, 11) is 0. The lowest BCUT2D eigenvalue weighted by molar-refractivity contribution is 0.969. The van der Waals surface area contributed by atoms with E-state index in [9.17, 15) is 0 Å². The maximum Gasteiger partial charge on any atom is 0.0423 e. The molecule has 20 heavy (non-hydrogen) atoms. The van der Waals surface area contributed by atoms with Crippen molar-refractivity contribution in [2.24, 2.45) is 0 Å². The summed E-state index contributed by atoms with van der Waals surface area (Å²) in [5.74, 6) is 0. The largest absolute Gasteiger partial charge is 0.0843 e. The van der Waals surface area contributed by atoms with Gasteiger partial charge in [0.25, 0.3) is 0 Å². The average Bonchev–Trinajstić information content (AvgIpc) is 2.44. The van der Waals surface area contributed by atoms with Crippen LogP contribution in [-0.4, -0.2) is 0 Å². The summed E-state index contributed by atoms with van der Waals surface area (Å²) in [5, 5.41) is 4.01. The van der Waals surface area contributed by atoms with E-state index in [-0.39, 0.29) is 0 Å². The third-order valence-corrected chi connectivity index (χ3v) is 3.92. The van der Waals surface area contributed by atoms with Crippen LogP contribution in [0.3, 0.4) is 0 Å². The van der Waals surface area contributed by atoms with E-state index in [1.807, 2.05) is 12.1 Å². The molecule has 0 spiro atoms. The van der Waals surface area contributed by atoms with Crippen molar-refractivity contribution in [3.8, 4) is 0 Å².